The van der Waals surface area contributed by atoms with Gasteiger partial charge in [0.05, 0.1) is 6.54 Å². The maximum Gasteiger partial charge on any atom is 0.239 e. The molecule has 0 heterocycles. The van der Waals surface area contributed by atoms with Crippen LogP contribution in [0.3, 0.4) is 0 Å². The highest BCUT2D eigenvalue weighted by molar-refractivity contribution is 7.80. The first-order valence-electron chi connectivity index (χ1n) is 6.50. The first-order valence-corrected chi connectivity index (χ1v) is 7.13. The van der Waals surface area contributed by atoms with Crippen molar-refractivity contribution in [3.8, 4) is 0 Å². The number of amides is 2. The molecule has 2 amide bonds. The van der Waals surface area contributed by atoms with Crippen LogP contribution in [0.2, 0.25) is 0 Å². The van der Waals surface area contributed by atoms with Gasteiger partial charge in [0.2, 0.25) is 11.8 Å². The Morgan fingerprint density at radius 1 is 1.39 bits per heavy atom. The molecule has 0 aromatic heterocycles. The van der Waals surface area contributed by atoms with Gasteiger partial charge in [-0.15, -0.1) is 0 Å². The summed E-state index contributed by atoms with van der Waals surface area (Å²) in [6.45, 7) is 4.88. The van der Waals surface area contributed by atoms with Gasteiger partial charge < -0.3 is 10.2 Å². The number of hydrogen-bond acceptors (Lipinski definition) is 3. The summed E-state index contributed by atoms with van der Waals surface area (Å²) < 4.78 is 0. The Labute approximate surface area is 115 Å². The van der Waals surface area contributed by atoms with E-state index in [-0.39, 0.29) is 23.8 Å². The van der Waals surface area contributed by atoms with E-state index in [1.165, 1.54) is 4.90 Å². The SMILES string of the molecule is CC(C)CNC(=O)CN(C)C(=O)CC1(CS)CC1. The first kappa shape index (κ1) is 15.3. The van der Waals surface area contributed by atoms with Crippen molar-refractivity contribution in [2.24, 2.45) is 11.3 Å². The maximum atomic E-state index is 11.9. The summed E-state index contributed by atoms with van der Waals surface area (Å²) in [5.41, 5.74) is 0.114. The fourth-order valence-electron chi connectivity index (χ4n) is 1.70. The molecule has 0 saturated heterocycles. The fraction of sp³-hybridized carbons (Fsp3) is 0.846. The summed E-state index contributed by atoms with van der Waals surface area (Å²) in [7, 11) is 1.69. The zero-order chi connectivity index (χ0) is 13.8. The fourth-order valence-corrected chi connectivity index (χ4v) is 2.13. The molecule has 1 rings (SSSR count). The van der Waals surface area contributed by atoms with E-state index in [0.29, 0.717) is 18.9 Å². The van der Waals surface area contributed by atoms with Gasteiger partial charge >= 0.3 is 0 Å². The molecule has 0 radical (unpaired) electrons. The normalized spacial score (nSPS) is 16.5. The van der Waals surface area contributed by atoms with Crippen molar-refractivity contribution in [3.05, 3.63) is 0 Å². The molecule has 1 saturated carbocycles. The average molecular weight is 272 g/mol. The molecule has 0 unspecified atom stereocenters. The first-order chi connectivity index (χ1) is 8.38. The molecule has 0 aromatic rings. The molecule has 1 aliphatic carbocycles. The van der Waals surface area contributed by atoms with E-state index in [4.69, 9.17) is 0 Å². The van der Waals surface area contributed by atoms with Crippen LogP contribution in [0.15, 0.2) is 0 Å². The number of likely N-dealkylation sites (N-methyl/N-ethyl adjacent to an activating group) is 1. The van der Waals surface area contributed by atoms with Gasteiger partial charge in [-0.25, -0.2) is 0 Å². The molecular weight excluding hydrogens is 248 g/mol. The van der Waals surface area contributed by atoms with Crippen LogP contribution >= 0.6 is 12.6 Å². The number of hydrogen-bond donors (Lipinski definition) is 2. The highest BCUT2D eigenvalue weighted by Crippen LogP contribution is 2.49. The second-order valence-electron chi connectivity index (χ2n) is 5.78. The van der Waals surface area contributed by atoms with Crippen LogP contribution in [0.25, 0.3) is 0 Å². The quantitative estimate of drug-likeness (QED) is 0.687. The molecule has 1 aliphatic rings. The van der Waals surface area contributed by atoms with Crippen molar-refractivity contribution in [3.63, 3.8) is 0 Å². The number of carbonyl (C=O) groups is 2. The van der Waals surface area contributed by atoms with E-state index >= 15 is 0 Å². The third-order valence-corrected chi connectivity index (χ3v) is 4.00. The number of carbonyl (C=O) groups excluding carboxylic acids is 2. The third kappa shape index (κ3) is 4.88. The predicted molar refractivity (Wildman–Crippen MR) is 75.6 cm³/mol. The molecule has 0 aliphatic heterocycles. The molecule has 1 fully saturated rings. The summed E-state index contributed by atoms with van der Waals surface area (Å²) in [6.07, 6.45) is 2.68. The van der Waals surface area contributed by atoms with Gasteiger partial charge in [-0.3, -0.25) is 9.59 Å². The lowest BCUT2D eigenvalue weighted by Crippen LogP contribution is -2.40. The minimum absolute atomic E-state index is 0.0428. The molecule has 18 heavy (non-hydrogen) atoms. The van der Waals surface area contributed by atoms with E-state index in [9.17, 15) is 9.59 Å². The third-order valence-electron chi connectivity index (χ3n) is 3.33. The zero-order valence-corrected chi connectivity index (χ0v) is 12.4. The number of rotatable bonds is 7. The van der Waals surface area contributed by atoms with Crippen molar-refractivity contribution in [1.82, 2.24) is 10.2 Å². The lowest BCUT2D eigenvalue weighted by Gasteiger charge is -2.20. The van der Waals surface area contributed by atoms with Crippen molar-refractivity contribution in [2.75, 3.05) is 25.9 Å². The number of nitrogens with one attached hydrogen (secondary N) is 1. The number of nitrogens with zero attached hydrogens (tertiary/aromatic N) is 1. The zero-order valence-electron chi connectivity index (χ0n) is 11.5. The van der Waals surface area contributed by atoms with Crippen molar-refractivity contribution in [1.29, 1.82) is 0 Å². The summed E-state index contributed by atoms with van der Waals surface area (Å²) in [6, 6.07) is 0. The molecule has 4 nitrogen and oxygen atoms in total. The molecular formula is C13H24N2O2S. The van der Waals surface area contributed by atoms with Crippen LogP contribution in [0.1, 0.15) is 33.1 Å². The van der Waals surface area contributed by atoms with E-state index in [1.54, 1.807) is 7.05 Å². The Bertz CT molecular complexity index is 314. The van der Waals surface area contributed by atoms with Crippen LogP contribution in [0.4, 0.5) is 0 Å². The standard InChI is InChI=1S/C13H24N2O2S/c1-10(2)7-14-11(16)8-15(3)12(17)6-13(9-18)4-5-13/h10,18H,4-9H2,1-3H3,(H,14,16). The monoisotopic (exact) mass is 272 g/mol. The Kier molecular flexibility index (Phi) is 5.50. The van der Waals surface area contributed by atoms with Gasteiger partial charge in [0.1, 0.15) is 0 Å². The summed E-state index contributed by atoms with van der Waals surface area (Å²) in [5, 5.41) is 2.81. The van der Waals surface area contributed by atoms with Crippen LogP contribution in [-0.2, 0) is 9.59 Å². The molecule has 1 N–H and O–H groups in total. The van der Waals surface area contributed by atoms with Gasteiger partial charge in [0, 0.05) is 20.0 Å². The smallest absolute Gasteiger partial charge is 0.239 e. The Hall–Kier alpha value is -0.710. The van der Waals surface area contributed by atoms with Crippen molar-refractivity contribution < 1.29 is 9.59 Å². The van der Waals surface area contributed by atoms with Crippen LogP contribution in [0.5, 0.6) is 0 Å². The van der Waals surface area contributed by atoms with Crippen molar-refractivity contribution >= 4 is 24.4 Å². The number of thiol groups is 1. The van der Waals surface area contributed by atoms with E-state index in [0.717, 1.165) is 18.6 Å². The maximum absolute atomic E-state index is 11.9. The van der Waals surface area contributed by atoms with Crippen LogP contribution < -0.4 is 5.32 Å². The van der Waals surface area contributed by atoms with E-state index in [2.05, 4.69) is 17.9 Å². The average Bonchev–Trinajstić information content (AvgIpc) is 3.06. The highest BCUT2D eigenvalue weighted by atomic mass is 32.1. The predicted octanol–water partition coefficient (Wildman–Crippen LogP) is 1.32. The molecule has 0 atom stereocenters. The van der Waals surface area contributed by atoms with Gasteiger partial charge in [0.15, 0.2) is 0 Å². The van der Waals surface area contributed by atoms with Gasteiger partial charge in [0.25, 0.3) is 0 Å². The molecule has 104 valence electrons. The molecule has 0 aromatic carbocycles. The van der Waals surface area contributed by atoms with Gasteiger partial charge in [-0.1, -0.05) is 13.8 Å². The topological polar surface area (TPSA) is 49.4 Å². The summed E-state index contributed by atoms with van der Waals surface area (Å²) in [5.74, 6) is 1.14. The highest BCUT2D eigenvalue weighted by Gasteiger charge is 2.43. The summed E-state index contributed by atoms with van der Waals surface area (Å²) in [4.78, 5) is 25.0. The minimum Gasteiger partial charge on any atom is -0.354 e. The molecule has 0 spiro atoms. The lowest BCUT2D eigenvalue weighted by atomic mass is 10.0. The molecule has 0 bridgehead atoms. The second-order valence-corrected chi connectivity index (χ2v) is 6.10. The van der Waals surface area contributed by atoms with E-state index in [1.807, 2.05) is 13.8 Å². The van der Waals surface area contributed by atoms with Gasteiger partial charge in [-0.05, 0) is 29.9 Å². The largest absolute Gasteiger partial charge is 0.354 e. The van der Waals surface area contributed by atoms with Gasteiger partial charge in [-0.2, -0.15) is 12.6 Å². The Morgan fingerprint density at radius 3 is 2.44 bits per heavy atom. The second kappa shape index (κ2) is 6.45. The van der Waals surface area contributed by atoms with Crippen molar-refractivity contribution in [2.45, 2.75) is 33.1 Å². The Morgan fingerprint density at radius 2 is 2.00 bits per heavy atom. The van der Waals surface area contributed by atoms with Crippen LogP contribution in [0, 0.1) is 11.3 Å². The van der Waals surface area contributed by atoms with E-state index < -0.39 is 0 Å². The Balaban J connectivity index is 2.29. The van der Waals surface area contributed by atoms with Crippen LogP contribution in [-0.4, -0.2) is 42.6 Å². The molecule has 5 heteroatoms. The lowest BCUT2D eigenvalue weighted by molar-refractivity contribution is -0.135. The minimum atomic E-state index is -0.0877. The summed E-state index contributed by atoms with van der Waals surface area (Å²) >= 11 is 4.28.